The smallest absolute Gasteiger partial charge is 0.337 e. The minimum absolute atomic E-state index is 0.129. The lowest BCUT2D eigenvalue weighted by Gasteiger charge is -2.36. The van der Waals surface area contributed by atoms with Gasteiger partial charge in [-0.3, -0.25) is 9.89 Å². The van der Waals surface area contributed by atoms with E-state index in [1.54, 1.807) is 13.1 Å². The molecule has 2 aliphatic rings. The predicted octanol–water partition coefficient (Wildman–Crippen LogP) is 1.07. The SMILES string of the molecule is CCOC(=O)C1=C(CN2CC(F)CC(COCC(=O)O)C2)NC(c2nccs2)=NC1. The number of aromatic nitrogens is 1. The van der Waals surface area contributed by atoms with E-state index in [4.69, 9.17) is 14.6 Å². The van der Waals surface area contributed by atoms with Crippen molar-refractivity contribution < 1.29 is 28.6 Å². The van der Waals surface area contributed by atoms with Gasteiger partial charge in [-0.25, -0.2) is 19.0 Å². The van der Waals surface area contributed by atoms with Crippen LogP contribution in [0.2, 0.25) is 0 Å². The van der Waals surface area contributed by atoms with Crippen LogP contribution < -0.4 is 5.32 Å². The second-order valence-electron chi connectivity index (χ2n) is 7.11. The van der Waals surface area contributed by atoms with Crippen molar-refractivity contribution in [3.05, 3.63) is 27.9 Å². The Bertz CT molecular complexity index is 814. The number of thiazole rings is 1. The number of alkyl halides is 1. The summed E-state index contributed by atoms with van der Waals surface area (Å²) in [4.78, 5) is 33.6. The summed E-state index contributed by atoms with van der Waals surface area (Å²) in [6, 6.07) is 0. The molecule has 3 rings (SSSR count). The average Bonchev–Trinajstić information content (AvgIpc) is 3.22. The van der Waals surface area contributed by atoms with Gasteiger partial charge in [0.1, 0.15) is 12.8 Å². The molecule has 0 aliphatic carbocycles. The molecule has 1 fully saturated rings. The minimum Gasteiger partial charge on any atom is -0.480 e. The zero-order chi connectivity index (χ0) is 21.5. The molecular formula is C19H25FN4O5S. The van der Waals surface area contributed by atoms with E-state index >= 15 is 0 Å². The number of esters is 1. The number of amidine groups is 1. The maximum atomic E-state index is 14.3. The first-order chi connectivity index (χ1) is 14.5. The maximum absolute atomic E-state index is 14.3. The molecule has 1 aromatic heterocycles. The van der Waals surface area contributed by atoms with E-state index in [1.807, 2.05) is 10.3 Å². The molecule has 164 valence electrons. The molecule has 2 N–H and O–H groups in total. The normalized spacial score (nSPS) is 22.4. The van der Waals surface area contributed by atoms with E-state index in [9.17, 15) is 14.0 Å². The van der Waals surface area contributed by atoms with Gasteiger partial charge < -0.3 is 19.9 Å². The van der Waals surface area contributed by atoms with Crippen LogP contribution in [0.3, 0.4) is 0 Å². The van der Waals surface area contributed by atoms with Crippen LogP contribution in [0.15, 0.2) is 27.8 Å². The number of aliphatic imine (C=N–C) groups is 1. The van der Waals surface area contributed by atoms with Crippen molar-refractivity contribution in [2.24, 2.45) is 10.9 Å². The largest absolute Gasteiger partial charge is 0.480 e. The first kappa shape index (κ1) is 22.3. The number of rotatable bonds is 9. The highest BCUT2D eigenvalue weighted by molar-refractivity contribution is 7.11. The molecule has 0 saturated carbocycles. The third-order valence-corrected chi connectivity index (χ3v) is 5.49. The molecule has 2 aliphatic heterocycles. The van der Waals surface area contributed by atoms with Gasteiger partial charge in [-0.1, -0.05) is 0 Å². The molecule has 0 aromatic carbocycles. The van der Waals surface area contributed by atoms with Crippen molar-refractivity contribution >= 4 is 29.1 Å². The Morgan fingerprint density at radius 2 is 2.27 bits per heavy atom. The van der Waals surface area contributed by atoms with Crippen LogP contribution in [-0.4, -0.2) is 84.9 Å². The van der Waals surface area contributed by atoms with E-state index in [2.05, 4.69) is 15.3 Å². The zero-order valence-electron chi connectivity index (χ0n) is 16.7. The molecule has 1 aromatic rings. The van der Waals surface area contributed by atoms with Crippen LogP contribution >= 0.6 is 11.3 Å². The van der Waals surface area contributed by atoms with Crippen LogP contribution in [0.1, 0.15) is 18.4 Å². The third kappa shape index (κ3) is 6.07. The fraction of sp³-hybridized carbons (Fsp3) is 0.579. The second kappa shape index (κ2) is 10.6. The molecule has 0 amide bonds. The lowest BCUT2D eigenvalue weighted by atomic mass is 9.97. The van der Waals surface area contributed by atoms with Gasteiger partial charge in [-0.05, 0) is 19.3 Å². The fourth-order valence-electron chi connectivity index (χ4n) is 3.53. The summed E-state index contributed by atoms with van der Waals surface area (Å²) in [5.74, 6) is -1.06. The van der Waals surface area contributed by atoms with Gasteiger partial charge in [0.15, 0.2) is 10.8 Å². The van der Waals surface area contributed by atoms with Crippen LogP contribution in [0.5, 0.6) is 0 Å². The number of ether oxygens (including phenoxy) is 2. The monoisotopic (exact) mass is 440 g/mol. The number of carbonyl (C=O) groups excluding carboxylic acids is 1. The molecule has 0 bridgehead atoms. The highest BCUT2D eigenvalue weighted by atomic mass is 32.1. The quantitative estimate of drug-likeness (QED) is 0.549. The Labute approximate surface area is 177 Å². The standard InChI is InChI=1S/C19H25FN4O5S/c1-2-29-19(27)14-6-22-17(18-21-3-4-30-18)23-15(14)9-24-7-12(5-13(20)8-24)10-28-11-16(25)26/h3-4,12-13H,2,5-11H2,1H3,(H,22,23)(H,25,26). The van der Waals surface area contributed by atoms with Crippen LogP contribution in [0, 0.1) is 5.92 Å². The number of hydrogen-bond acceptors (Lipinski definition) is 9. The third-order valence-electron chi connectivity index (χ3n) is 4.71. The number of carboxylic acid groups (broad SMARTS) is 1. The first-order valence-corrected chi connectivity index (χ1v) is 10.6. The molecule has 0 spiro atoms. The first-order valence-electron chi connectivity index (χ1n) is 9.72. The summed E-state index contributed by atoms with van der Waals surface area (Å²) in [7, 11) is 0. The summed E-state index contributed by atoms with van der Waals surface area (Å²) in [6.07, 6.45) is 0.938. The minimum atomic E-state index is -1.06. The molecule has 1 saturated heterocycles. The van der Waals surface area contributed by atoms with Crippen molar-refractivity contribution in [3.8, 4) is 0 Å². The Morgan fingerprint density at radius 3 is 2.97 bits per heavy atom. The molecule has 3 heterocycles. The summed E-state index contributed by atoms with van der Waals surface area (Å²) in [5.41, 5.74) is 1.03. The Kier molecular flexibility index (Phi) is 7.88. The molecule has 2 unspecified atom stereocenters. The molecule has 2 atom stereocenters. The highest BCUT2D eigenvalue weighted by Gasteiger charge is 2.30. The van der Waals surface area contributed by atoms with E-state index < -0.39 is 24.7 Å². The van der Waals surface area contributed by atoms with Crippen LogP contribution in [0.4, 0.5) is 4.39 Å². The van der Waals surface area contributed by atoms with E-state index in [1.165, 1.54) is 11.3 Å². The zero-order valence-corrected chi connectivity index (χ0v) is 17.5. The van der Waals surface area contributed by atoms with Crippen molar-refractivity contribution in [2.75, 3.05) is 46.0 Å². The Morgan fingerprint density at radius 1 is 1.43 bits per heavy atom. The predicted molar refractivity (Wildman–Crippen MR) is 108 cm³/mol. The second-order valence-corrected chi connectivity index (χ2v) is 8.00. The molecule has 30 heavy (non-hydrogen) atoms. The number of likely N-dealkylation sites (tertiary alicyclic amines) is 1. The lowest BCUT2D eigenvalue weighted by molar-refractivity contribution is -0.143. The fourth-order valence-corrected chi connectivity index (χ4v) is 4.13. The van der Waals surface area contributed by atoms with Gasteiger partial charge in [-0.2, -0.15) is 0 Å². The van der Waals surface area contributed by atoms with Crippen molar-refractivity contribution in [3.63, 3.8) is 0 Å². The number of aliphatic carboxylic acids is 1. The summed E-state index contributed by atoms with van der Waals surface area (Å²) < 4.78 is 24.6. The topological polar surface area (TPSA) is 113 Å². The summed E-state index contributed by atoms with van der Waals surface area (Å²) >= 11 is 1.43. The Hall–Kier alpha value is -2.37. The summed E-state index contributed by atoms with van der Waals surface area (Å²) in [6.45, 7) is 2.98. The van der Waals surface area contributed by atoms with E-state index in [-0.39, 0.29) is 32.2 Å². The molecule has 11 heteroatoms. The van der Waals surface area contributed by atoms with Crippen LogP contribution in [-0.2, 0) is 19.1 Å². The van der Waals surface area contributed by atoms with Gasteiger partial charge >= 0.3 is 11.9 Å². The number of carbonyl (C=O) groups is 2. The van der Waals surface area contributed by atoms with E-state index in [0.29, 0.717) is 41.6 Å². The number of halogens is 1. The molecule has 0 radical (unpaired) electrons. The maximum Gasteiger partial charge on any atom is 0.337 e. The van der Waals surface area contributed by atoms with Crippen molar-refractivity contribution in [2.45, 2.75) is 19.5 Å². The lowest BCUT2D eigenvalue weighted by Crippen LogP contribution is -2.46. The Balaban J connectivity index is 1.70. The van der Waals surface area contributed by atoms with E-state index in [0.717, 1.165) is 0 Å². The summed E-state index contributed by atoms with van der Waals surface area (Å²) in [5, 5.41) is 14.4. The van der Waals surface area contributed by atoms with Gasteiger partial charge in [0.2, 0.25) is 0 Å². The molecular weight excluding hydrogens is 415 g/mol. The number of carboxylic acids is 1. The molecule has 9 nitrogen and oxygen atoms in total. The van der Waals surface area contributed by atoms with Gasteiger partial charge in [-0.15, -0.1) is 11.3 Å². The van der Waals surface area contributed by atoms with Gasteiger partial charge in [0.05, 0.1) is 25.3 Å². The number of hydrogen-bond donors (Lipinski definition) is 2. The average molecular weight is 440 g/mol. The van der Waals surface area contributed by atoms with Gasteiger partial charge in [0.25, 0.3) is 0 Å². The number of piperidine rings is 1. The van der Waals surface area contributed by atoms with Crippen molar-refractivity contribution in [1.29, 1.82) is 0 Å². The van der Waals surface area contributed by atoms with Crippen molar-refractivity contribution in [1.82, 2.24) is 15.2 Å². The number of nitrogens with zero attached hydrogens (tertiary/aromatic N) is 3. The van der Waals surface area contributed by atoms with Crippen LogP contribution in [0.25, 0.3) is 0 Å². The number of nitrogens with one attached hydrogen (secondary N) is 1. The highest BCUT2D eigenvalue weighted by Crippen LogP contribution is 2.22. The van der Waals surface area contributed by atoms with Gasteiger partial charge in [0, 0.05) is 36.9 Å².